The van der Waals surface area contributed by atoms with E-state index in [4.69, 9.17) is 9.47 Å². The first-order valence-corrected chi connectivity index (χ1v) is 7.87. The summed E-state index contributed by atoms with van der Waals surface area (Å²) in [5.41, 5.74) is 0.764. The zero-order valence-electron chi connectivity index (χ0n) is 13.4. The number of piperazine rings is 1. The molecule has 1 atom stereocenters. The maximum Gasteiger partial charge on any atom is 0.318 e. The normalized spacial score (nSPS) is 19.9. The summed E-state index contributed by atoms with van der Waals surface area (Å²) in [6, 6.07) is 4.77. The number of amides is 3. The molecule has 2 aliphatic rings. The Balaban J connectivity index is 1.72. The molecule has 1 saturated heterocycles. The molecule has 0 aliphatic carbocycles. The maximum atomic E-state index is 12.6. The molecule has 1 aromatic rings. The van der Waals surface area contributed by atoms with Crippen molar-refractivity contribution in [3.05, 3.63) is 18.2 Å². The van der Waals surface area contributed by atoms with Crippen LogP contribution in [0.5, 0.6) is 11.5 Å². The van der Waals surface area contributed by atoms with E-state index in [0.717, 1.165) is 12.1 Å². The van der Waals surface area contributed by atoms with Gasteiger partial charge in [0.05, 0.1) is 0 Å². The highest BCUT2D eigenvalue weighted by molar-refractivity contribution is 6.00. The first-order valence-electron chi connectivity index (χ1n) is 7.87. The van der Waals surface area contributed by atoms with Gasteiger partial charge in [-0.2, -0.15) is 0 Å². The van der Waals surface area contributed by atoms with Crippen LogP contribution in [0.4, 0.5) is 10.5 Å². The van der Waals surface area contributed by atoms with E-state index in [9.17, 15) is 9.59 Å². The fraction of sp³-hybridized carbons (Fsp3) is 0.500. The maximum absolute atomic E-state index is 12.6. The predicted molar refractivity (Wildman–Crippen MR) is 84.8 cm³/mol. The third kappa shape index (κ3) is 2.91. The molecule has 7 heteroatoms. The number of carbonyl (C=O) groups excluding carboxylic acids is 2. The fourth-order valence-electron chi connectivity index (χ4n) is 2.79. The lowest BCUT2D eigenvalue weighted by atomic mass is 10.1. The van der Waals surface area contributed by atoms with Gasteiger partial charge in [0.25, 0.3) is 0 Å². The van der Waals surface area contributed by atoms with E-state index < -0.39 is 6.04 Å². The standard InChI is InChI=1S/C16H21N3O4/c1-3-6-17-16(21)18-7-8-19(15(20)11(18)2)12-4-5-13-14(9-12)23-10-22-13/h4-5,9,11H,3,6-8,10H2,1-2H3,(H,17,21)/t11-/m1/s1. The van der Waals surface area contributed by atoms with E-state index in [2.05, 4.69) is 5.32 Å². The van der Waals surface area contributed by atoms with Gasteiger partial charge < -0.3 is 24.6 Å². The molecule has 0 spiro atoms. The zero-order valence-corrected chi connectivity index (χ0v) is 13.4. The van der Waals surface area contributed by atoms with Gasteiger partial charge in [-0.05, 0) is 25.5 Å². The largest absolute Gasteiger partial charge is 0.454 e. The average Bonchev–Trinajstić information content (AvgIpc) is 3.02. The third-order valence-corrected chi connectivity index (χ3v) is 4.11. The summed E-state index contributed by atoms with van der Waals surface area (Å²) in [6.45, 7) is 5.52. The minimum atomic E-state index is -0.494. The lowest BCUT2D eigenvalue weighted by Gasteiger charge is -2.39. The van der Waals surface area contributed by atoms with Crippen LogP contribution in [0.1, 0.15) is 20.3 Å². The fourth-order valence-corrected chi connectivity index (χ4v) is 2.79. The van der Waals surface area contributed by atoms with Crippen molar-refractivity contribution in [2.24, 2.45) is 0 Å². The second-order valence-electron chi connectivity index (χ2n) is 5.63. The Hall–Kier alpha value is -2.44. The number of hydrogen-bond donors (Lipinski definition) is 1. The number of urea groups is 1. The van der Waals surface area contributed by atoms with Crippen LogP contribution in [0.15, 0.2) is 18.2 Å². The van der Waals surface area contributed by atoms with E-state index in [-0.39, 0.29) is 18.7 Å². The van der Waals surface area contributed by atoms with Crippen molar-refractivity contribution in [3.8, 4) is 11.5 Å². The van der Waals surface area contributed by atoms with Gasteiger partial charge in [0.2, 0.25) is 12.7 Å². The van der Waals surface area contributed by atoms with Gasteiger partial charge in [0.1, 0.15) is 6.04 Å². The summed E-state index contributed by atoms with van der Waals surface area (Å²) in [5.74, 6) is 1.24. The molecular weight excluding hydrogens is 298 g/mol. The van der Waals surface area contributed by atoms with Gasteiger partial charge >= 0.3 is 6.03 Å². The molecule has 124 valence electrons. The minimum absolute atomic E-state index is 0.0956. The summed E-state index contributed by atoms with van der Waals surface area (Å²) >= 11 is 0. The average molecular weight is 319 g/mol. The molecule has 1 fully saturated rings. The highest BCUT2D eigenvalue weighted by Crippen LogP contribution is 2.36. The number of rotatable bonds is 3. The van der Waals surface area contributed by atoms with Crippen molar-refractivity contribution in [3.63, 3.8) is 0 Å². The summed E-state index contributed by atoms with van der Waals surface area (Å²) in [6.07, 6.45) is 0.866. The van der Waals surface area contributed by atoms with Crippen LogP contribution in [0.25, 0.3) is 0 Å². The second-order valence-corrected chi connectivity index (χ2v) is 5.63. The quantitative estimate of drug-likeness (QED) is 0.918. The number of anilines is 1. The van der Waals surface area contributed by atoms with Crippen molar-refractivity contribution in [1.29, 1.82) is 0 Å². The predicted octanol–water partition coefficient (Wildman–Crippen LogP) is 1.57. The van der Waals surface area contributed by atoms with Gasteiger partial charge in [0, 0.05) is 31.4 Å². The van der Waals surface area contributed by atoms with E-state index in [1.807, 2.05) is 13.0 Å². The van der Waals surface area contributed by atoms with Crippen LogP contribution in [0.3, 0.4) is 0 Å². The van der Waals surface area contributed by atoms with Crippen molar-refractivity contribution in [2.75, 3.05) is 31.3 Å². The Morgan fingerprint density at radius 3 is 2.87 bits per heavy atom. The van der Waals surface area contributed by atoms with Crippen molar-refractivity contribution in [2.45, 2.75) is 26.3 Å². The molecule has 7 nitrogen and oxygen atoms in total. The van der Waals surface area contributed by atoms with Gasteiger partial charge in [0.15, 0.2) is 11.5 Å². The molecule has 0 bridgehead atoms. The molecule has 0 aromatic heterocycles. The topological polar surface area (TPSA) is 71.1 Å². The van der Waals surface area contributed by atoms with Crippen LogP contribution in [0, 0.1) is 0 Å². The molecule has 0 unspecified atom stereocenters. The summed E-state index contributed by atoms with van der Waals surface area (Å²) in [4.78, 5) is 28.0. The Morgan fingerprint density at radius 2 is 2.09 bits per heavy atom. The summed E-state index contributed by atoms with van der Waals surface area (Å²) in [5, 5.41) is 2.82. The van der Waals surface area contributed by atoms with Gasteiger partial charge in [-0.25, -0.2) is 4.79 Å². The lowest BCUT2D eigenvalue weighted by Crippen LogP contribution is -2.59. The number of carbonyl (C=O) groups is 2. The Kier molecular flexibility index (Phi) is 4.27. The van der Waals surface area contributed by atoms with Crippen LogP contribution in [0.2, 0.25) is 0 Å². The molecular formula is C16H21N3O4. The molecule has 23 heavy (non-hydrogen) atoms. The monoisotopic (exact) mass is 319 g/mol. The molecule has 3 rings (SSSR count). The smallest absolute Gasteiger partial charge is 0.318 e. The number of hydrogen-bond acceptors (Lipinski definition) is 4. The molecule has 0 radical (unpaired) electrons. The highest BCUT2D eigenvalue weighted by atomic mass is 16.7. The molecule has 1 aromatic carbocycles. The van der Waals surface area contributed by atoms with Gasteiger partial charge in [-0.3, -0.25) is 4.79 Å². The Bertz CT molecular complexity index is 619. The zero-order chi connectivity index (χ0) is 16.4. The second kappa shape index (κ2) is 6.36. The van der Waals surface area contributed by atoms with Crippen LogP contribution < -0.4 is 19.7 Å². The minimum Gasteiger partial charge on any atom is -0.454 e. The number of benzene rings is 1. The number of nitrogens with one attached hydrogen (secondary N) is 1. The summed E-state index contributed by atoms with van der Waals surface area (Å²) in [7, 11) is 0. The van der Waals surface area contributed by atoms with E-state index in [0.29, 0.717) is 31.1 Å². The van der Waals surface area contributed by atoms with Crippen LogP contribution in [-0.4, -0.2) is 49.3 Å². The van der Waals surface area contributed by atoms with E-state index in [1.54, 1.807) is 28.9 Å². The lowest BCUT2D eigenvalue weighted by molar-refractivity contribution is -0.124. The highest BCUT2D eigenvalue weighted by Gasteiger charge is 2.35. The molecule has 2 aliphatic heterocycles. The van der Waals surface area contributed by atoms with E-state index >= 15 is 0 Å². The van der Waals surface area contributed by atoms with Gasteiger partial charge in [-0.15, -0.1) is 0 Å². The molecule has 1 N–H and O–H groups in total. The van der Waals surface area contributed by atoms with Crippen LogP contribution in [-0.2, 0) is 4.79 Å². The number of nitrogens with zero attached hydrogens (tertiary/aromatic N) is 2. The molecule has 0 saturated carbocycles. The third-order valence-electron chi connectivity index (χ3n) is 4.11. The number of fused-ring (bicyclic) bond motifs is 1. The SMILES string of the molecule is CCCNC(=O)N1CCN(c2ccc3c(c2)OCO3)C(=O)[C@H]1C. The Labute approximate surface area is 135 Å². The summed E-state index contributed by atoms with van der Waals surface area (Å²) < 4.78 is 10.6. The molecule has 3 amide bonds. The van der Waals surface area contributed by atoms with Gasteiger partial charge in [-0.1, -0.05) is 6.92 Å². The number of ether oxygens (including phenoxy) is 2. The van der Waals surface area contributed by atoms with Crippen molar-refractivity contribution >= 4 is 17.6 Å². The van der Waals surface area contributed by atoms with Crippen molar-refractivity contribution < 1.29 is 19.1 Å². The van der Waals surface area contributed by atoms with E-state index in [1.165, 1.54) is 0 Å². The van der Waals surface area contributed by atoms with Crippen molar-refractivity contribution in [1.82, 2.24) is 10.2 Å². The Morgan fingerprint density at radius 1 is 1.30 bits per heavy atom. The first kappa shape index (κ1) is 15.5. The van der Waals surface area contributed by atoms with Crippen LogP contribution >= 0.6 is 0 Å². The molecule has 2 heterocycles. The first-order chi connectivity index (χ1) is 11.1.